The van der Waals surface area contributed by atoms with E-state index in [0.717, 1.165) is 11.3 Å². The van der Waals surface area contributed by atoms with Crippen molar-refractivity contribution in [2.45, 2.75) is 13.0 Å². The Morgan fingerprint density at radius 2 is 1.89 bits per heavy atom. The van der Waals surface area contributed by atoms with Crippen LogP contribution in [0.2, 0.25) is 0 Å². The first-order chi connectivity index (χ1) is 13.1. The molecule has 0 radical (unpaired) electrons. The first kappa shape index (κ1) is 18.6. The van der Waals surface area contributed by atoms with Crippen LogP contribution >= 0.6 is 0 Å². The van der Waals surface area contributed by atoms with Crippen molar-refractivity contribution in [3.8, 4) is 17.2 Å². The molecule has 1 aliphatic rings. The van der Waals surface area contributed by atoms with Crippen LogP contribution in [0.4, 0.5) is 5.69 Å². The van der Waals surface area contributed by atoms with E-state index in [2.05, 4.69) is 10.8 Å². The quantitative estimate of drug-likeness (QED) is 0.780. The molecule has 0 saturated carbocycles. The fraction of sp³-hybridized carbons (Fsp3) is 0.250. The molecule has 142 valence electrons. The summed E-state index contributed by atoms with van der Waals surface area (Å²) in [6.07, 6.45) is 1.65. The standard InChI is InChI=1S/C20H22N2O5/c1-13(23)21-16-6-4-5-7-18(16)26-12-15-11-17(22-27-15)14-8-9-19(24-2)20(10-14)25-3/h4-11,15,22H,12H2,1-3H3,(H,21,23)/t15-/m1/s1. The highest BCUT2D eigenvalue weighted by molar-refractivity contribution is 5.90. The van der Waals surface area contributed by atoms with E-state index in [9.17, 15) is 4.79 Å². The van der Waals surface area contributed by atoms with Gasteiger partial charge in [0.1, 0.15) is 18.5 Å². The third-order valence-electron chi connectivity index (χ3n) is 3.97. The summed E-state index contributed by atoms with van der Waals surface area (Å²) in [5.41, 5.74) is 5.27. The molecule has 3 rings (SSSR count). The van der Waals surface area contributed by atoms with Crippen LogP contribution in [0.25, 0.3) is 5.70 Å². The minimum atomic E-state index is -0.279. The minimum absolute atomic E-state index is 0.152. The Labute approximate surface area is 157 Å². The molecule has 2 aromatic carbocycles. The minimum Gasteiger partial charge on any atom is -0.493 e. The Morgan fingerprint density at radius 1 is 1.11 bits per heavy atom. The number of hydrogen-bond acceptors (Lipinski definition) is 6. The fourth-order valence-electron chi connectivity index (χ4n) is 2.69. The van der Waals surface area contributed by atoms with Gasteiger partial charge in [-0.05, 0) is 36.4 Å². The van der Waals surface area contributed by atoms with Gasteiger partial charge in [-0.25, -0.2) is 0 Å². The van der Waals surface area contributed by atoms with E-state index in [1.165, 1.54) is 6.92 Å². The van der Waals surface area contributed by atoms with Crippen molar-refractivity contribution in [3.05, 3.63) is 54.1 Å². The highest BCUT2D eigenvalue weighted by Crippen LogP contribution is 2.31. The van der Waals surface area contributed by atoms with Gasteiger partial charge in [0.2, 0.25) is 5.91 Å². The monoisotopic (exact) mass is 370 g/mol. The molecule has 7 heteroatoms. The lowest BCUT2D eigenvalue weighted by atomic mass is 10.1. The number of methoxy groups -OCH3 is 2. The van der Waals surface area contributed by atoms with Crippen molar-refractivity contribution in [2.75, 3.05) is 26.1 Å². The summed E-state index contributed by atoms with van der Waals surface area (Å²) in [7, 11) is 3.19. The summed E-state index contributed by atoms with van der Waals surface area (Å²) in [6, 6.07) is 12.9. The van der Waals surface area contributed by atoms with Gasteiger partial charge >= 0.3 is 0 Å². The molecule has 1 amide bonds. The largest absolute Gasteiger partial charge is 0.493 e. The molecule has 1 heterocycles. The van der Waals surface area contributed by atoms with Crippen LogP contribution in [0.1, 0.15) is 12.5 Å². The third-order valence-corrected chi connectivity index (χ3v) is 3.97. The molecule has 2 N–H and O–H groups in total. The van der Waals surface area contributed by atoms with E-state index in [4.69, 9.17) is 19.0 Å². The van der Waals surface area contributed by atoms with Crippen molar-refractivity contribution in [2.24, 2.45) is 0 Å². The number of hydrogen-bond donors (Lipinski definition) is 2. The van der Waals surface area contributed by atoms with E-state index in [0.29, 0.717) is 29.5 Å². The van der Waals surface area contributed by atoms with Gasteiger partial charge in [0.05, 0.1) is 25.6 Å². The number of carbonyl (C=O) groups excluding carboxylic acids is 1. The number of anilines is 1. The summed E-state index contributed by atoms with van der Waals surface area (Å²) < 4.78 is 16.4. The molecule has 0 bridgehead atoms. The van der Waals surface area contributed by atoms with Gasteiger partial charge in [0, 0.05) is 12.5 Å². The molecule has 1 atom stereocenters. The zero-order valence-electron chi connectivity index (χ0n) is 15.4. The Bertz CT molecular complexity index is 850. The van der Waals surface area contributed by atoms with E-state index in [-0.39, 0.29) is 12.0 Å². The second kappa shape index (κ2) is 8.46. The number of rotatable bonds is 7. The Balaban J connectivity index is 1.68. The molecule has 1 aliphatic heterocycles. The maximum absolute atomic E-state index is 11.3. The number of hydroxylamine groups is 1. The summed E-state index contributed by atoms with van der Waals surface area (Å²) >= 11 is 0. The highest BCUT2D eigenvalue weighted by Gasteiger charge is 2.20. The normalized spacial score (nSPS) is 15.5. The number of benzene rings is 2. The summed E-state index contributed by atoms with van der Waals surface area (Å²) in [6.45, 7) is 1.75. The van der Waals surface area contributed by atoms with Crippen molar-refractivity contribution in [3.63, 3.8) is 0 Å². The Morgan fingerprint density at radius 3 is 2.63 bits per heavy atom. The van der Waals surface area contributed by atoms with E-state index >= 15 is 0 Å². The predicted octanol–water partition coefficient (Wildman–Crippen LogP) is 2.99. The number of para-hydroxylation sites is 2. The molecule has 27 heavy (non-hydrogen) atoms. The highest BCUT2D eigenvalue weighted by atomic mass is 16.7. The van der Waals surface area contributed by atoms with Crippen LogP contribution in [-0.2, 0) is 9.63 Å². The number of carbonyl (C=O) groups is 1. The Hall–Kier alpha value is -3.19. The van der Waals surface area contributed by atoms with E-state index in [1.54, 1.807) is 26.4 Å². The van der Waals surface area contributed by atoms with Crippen molar-refractivity contribution < 1.29 is 23.8 Å². The lowest BCUT2D eigenvalue weighted by Gasteiger charge is -2.13. The van der Waals surface area contributed by atoms with Gasteiger partial charge in [-0.1, -0.05) is 12.1 Å². The van der Waals surface area contributed by atoms with Gasteiger partial charge < -0.3 is 19.5 Å². The molecular formula is C20H22N2O5. The fourth-order valence-corrected chi connectivity index (χ4v) is 2.69. The lowest BCUT2D eigenvalue weighted by molar-refractivity contribution is -0.114. The van der Waals surface area contributed by atoms with Crippen molar-refractivity contribution in [1.29, 1.82) is 0 Å². The first-order valence-electron chi connectivity index (χ1n) is 8.46. The second-order valence-corrected chi connectivity index (χ2v) is 5.90. The maximum atomic E-state index is 11.3. The van der Waals surface area contributed by atoms with Gasteiger partial charge in [-0.2, -0.15) is 0 Å². The molecular weight excluding hydrogens is 348 g/mol. The van der Waals surface area contributed by atoms with Crippen LogP contribution < -0.4 is 25.0 Å². The molecule has 0 spiro atoms. The van der Waals surface area contributed by atoms with E-state index in [1.807, 2.05) is 36.4 Å². The molecule has 2 aromatic rings. The molecule has 0 aromatic heterocycles. The van der Waals surface area contributed by atoms with Crippen LogP contribution in [0.5, 0.6) is 17.2 Å². The van der Waals surface area contributed by atoms with Crippen LogP contribution in [-0.4, -0.2) is 32.8 Å². The van der Waals surface area contributed by atoms with Crippen LogP contribution in [0.15, 0.2) is 48.5 Å². The van der Waals surface area contributed by atoms with Gasteiger partial charge in [-0.3, -0.25) is 15.1 Å². The smallest absolute Gasteiger partial charge is 0.221 e. The molecule has 0 saturated heterocycles. The van der Waals surface area contributed by atoms with Gasteiger partial charge in [0.15, 0.2) is 11.5 Å². The maximum Gasteiger partial charge on any atom is 0.221 e. The third kappa shape index (κ3) is 4.51. The lowest BCUT2D eigenvalue weighted by Crippen LogP contribution is -2.20. The second-order valence-electron chi connectivity index (χ2n) is 5.90. The van der Waals surface area contributed by atoms with Gasteiger partial charge in [-0.15, -0.1) is 0 Å². The zero-order valence-corrected chi connectivity index (χ0v) is 15.4. The molecule has 0 fully saturated rings. The Kier molecular flexibility index (Phi) is 5.83. The zero-order chi connectivity index (χ0) is 19.2. The van der Waals surface area contributed by atoms with Crippen molar-refractivity contribution in [1.82, 2.24) is 5.48 Å². The van der Waals surface area contributed by atoms with Crippen LogP contribution in [0, 0.1) is 0 Å². The molecule has 0 unspecified atom stereocenters. The number of amides is 1. The molecule has 0 aliphatic carbocycles. The number of nitrogens with one attached hydrogen (secondary N) is 2. The summed E-state index contributed by atoms with van der Waals surface area (Å²) in [5.74, 6) is 1.74. The van der Waals surface area contributed by atoms with Crippen LogP contribution in [0.3, 0.4) is 0 Å². The SMILES string of the molecule is COc1ccc(C2=C[C@H](COc3ccccc3NC(C)=O)ON2)cc1OC. The van der Waals surface area contributed by atoms with Crippen molar-refractivity contribution >= 4 is 17.3 Å². The van der Waals surface area contributed by atoms with Gasteiger partial charge in [0.25, 0.3) is 0 Å². The average molecular weight is 370 g/mol. The summed E-state index contributed by atoms with van der Waals surface area (Å²) in [4.78, 5) is 16.9. The first-order valence-corrected chi connectivity index (χ1v) is 8.46. The topological polar surface area (TPSA) is 78.1 Å². The predicted molar refractivity (Wildman–Crippen MR) is 102 cm³/mol. The number of ether oxygens (including phenoxy) is 3. The summed E-state index contributed by atoms with van der Waals surface area (Å²) in [5, 5.41) is 2.75. The molecule has 7 nitrogen and oxygen atoms in total. The average Bonchev–Trinajstić information content (AvgIpc) is 3.15. The van der Waals surface area contributed by atoms with E-state index < -0.39 is 0 Å².